The van der Waals surface area contributed by atoms with E-state index in [1.54, 1.807) is 0 Å². The van der Waals surface area contributed by atoms with Gasteiger partial charge in [0.2, 0.25) is 0 Å². The van der Waals surface area contributed by atoms with Crippen LogP contribution >= 0.6 is 0 Å². The average molecular weight is 111 g/mol. The van der Waals surface area contributed by atoms with Crippen molar-refractivity contribution in [2.75, 3.05) is 0 Å². The van der Waals surface area contributed by atoms with Crippen LogP contribution in [0.3, 0.4) is 0 Å². The lowest BCUT2D eigenvalue weighted by atomic mass is 10.3. The predicted molar refractivity (Wildman–Crippen MR) is 31.0 cm³/mol. The van der Waals surface area contributed by atoms with Gasteiger partial charge in [0.25, 0.3) is 0 Å². The molecule has 0 aromatic rings. The van der Waals surface area contributed by atoms with E-state index in [2.05, 4.69) is 0 Å². The van der Waals surface area contributed by atoms with Crippen LogP contribution in [0.25, 0.3) is 0 Å². The molecule has 43 valence electrons. The third-order valence-electron chi connectivity index (χ3n) is 1.20. The Kier molecular flexibility index (Phi) is 1.97. The molecule has 8 heavy (non-hydrogen) atoms. The SMILES string of the molecule is O[B]OC1=CCCC1. The molecule has 1 radical (unpaired) electrons. The lowest BCUT2D eigenvalue weighted by molar-refractivity contribution is 0.360. The van der Waals surface area contributed by atoms with Crippen LogP contribution < -0.4 is 0 Å². The highest BCUT2D eigenvalue weighted by Gasteiger charge is 2.03. The van der Waals surface area contributed by atoms with E-state index >= 15 is 0 Å². The molecule has 0 unspecified atom stereocenters. The minimum Gasteiger partial charge on any atom is -0.541 e. The van der Waals surface area contributed by atoms with Gasteiger partial charge in [0.05, 0.1) is 5.76 Å². The van der Waals surface area contributed by atoms with Gasteiger partial charge < -0.3 is 9.68 Å². The van der Waals surface area contributed by atoms with E-state index in [0.29, 0.717) is 0 Å². The summed E-state index contributed by atoms with van der Waals surface area (Å²) < 4.78 is 4.69. The highest BCUT2D eigenvalue weighted by molar-refractivity contribution is 6.16. The first kappa shape index (κ1) is 5.70. The van der Waals surface area contributed by atoms with Crippen LogP contribution in [0.5, 0.6) is 0 Å². The molecule has 2 nitrogen and oxygen atoms in total. The van der Waals surface area contributed by atoms with Gasteiger partial charge in [0.15, 0.2) is 0 Å². The van der Waals surface area contributed by atoms with Crippen LogP contribution in [-0.4, -0.2) is 12.7 Å². The largest absolute Gasteiger partial charge is 0.569 e. The van der Waals surface area contributed by atoms with Gasteiger partial charge in [-0.15, -0.1) is 0 Å². The Morgan fingerprint density at radius 2 is 2.62 bits per heavy atom. The van der Waals surface area contributed by atoms with Crippen LogP contribution in [0.1, 0.15) is 19.3 Å². The van der Waals surface area contributed by atoms with E-state index in [9.17, 15) is 0 Å². The molecule has 0 fully saturated rings. The van der Waals surface area contributed by atoms with Crippen molar-refractivity contribution in [1.82, 2.24) is 0 Å². The molecule has 1 N–H and O–H groups in total. The molecular formula is C5H8BO2. The van der Waals surface area contributed by atoms with Crippen molar-refractivity contribution in [3.05, 3.63) is 11.8 Å². The van der Waals surface area contributed by atoms with Crippen molar-refractivity contribution < 1.29 is 9.68 Å². The van der Waals surface area contributed by atoms with Crippen molar-refractivity contribution in [3.8, 4) is 0 Å². The average Bonchev–Trinajstić information content (AvgIpc) is 2.19. The summed E-state index contributed by atoms with van der Waals surface area (Å²) in [5.41, 5.74) is 0. The van der Waals surface area contributed by atoms with Crippen LogP contribution in [0.2, 0.25) is 0 Å². The van der Waals surface area contributed by atoms with E-state index < -0.39 is 0 Å². The molecule has 0 aromatic heterocycles. The maximum Gasteiger partial charge on any atom is 0.569 e. The first-order valence-electron chi connectivity index (χ1n) is 2.75. The second-order valence-electron chi connectivity index (χ2n) is 1.79. The van der Waals surface area contributed by atoms with Crippen molar-refractivity contribution in [1.29, 1.82) is 0 Å². The third-order valence-corrected chi connectivity index (χ3v) is 1.20. The third kappa shape index (κ3) is 1.27. The number of hydrogen-bond acceptors (Lipinski definition) is 2. The Hall–Kier alpha value is -0.435. The van der Waals surface area contributed by atoms with Crippen molar-refractivity contribution in [3.63, 3.8) is 0 Å². The fourth-order valence-electron chi connectivity index (χ4n) is 0.816. The summed E-state index contributed by atoms with van der Waals surface area (Å²) in [6.45, 7) is 0. The van der Waals surface area contributed by atoms with Crippen LogP contribution in [0.4, 0.5) is 0 Å². The fourth-order valence-corrected chi connectivity index (χ4v) is 0.816. The molecular weight excluding hydrogens is 103 g/mol. The summed E-state index contributed by atoms with van der Waals surface area (Å²) in [7, 11) is 0.733. The molecule has 3 heteroatoms. The first-order chi connectivity index (χ1) is 3.93. The van der Waals surface area contributed by atoms with Crippen LogP contribution in [0, 0.1) is 0 Å². The summed E-state index contributed by atoms with van der Waals surface area (Å²) in [6.07, 6.45) is 5.20. The van der Waals surface area contributed by atoms with Crippen molar-refractivity contribution in [2.24, 2.45) is 0 Å². The highest BCUT2D eigenvalue weighted by atomic mass is 16.5. The Bertz CT molecular complexity index is 101. The molecule has 0 aromatic carbocycles. The van der Waals surface area contributed by atoms with Gasteiger partial charge in [-0.1, -0.05) is 0 Å². The number of hydrogen-bond donors (Lipinski definition) is 1. The molecule has 1 rings (SSSR count). The highest BCUT2D eigenvalue weighted by Crippen LogP contribution is 2.17. The summed E-state index contributed by atoms with van der Waals surface area (Å²) in [6, 6.07) is 0. The molecule has 0 bridgehead atoms. The zero-order valence-electron chi connectivity index (χ0n) is 4.63. The maximum absolute atomic E-state index is 8.14. The zero-order chi connectivity index (χ0) is 5.82. The molecule has 0 amide bonds. The smallest absolute Gasteiger partial charge is 0.541 e. The zero-order valence-corrected chi connectivity index (χ0v) is 4.63. The molecule has 1 aliphatic rings. The molecule has 1 aliphatic carbocycles. The topological polar surface area (TPSA) is 29.5 Å². The van der Waals surface area contributed by atoms with E-state index in [4.69, 9.17) is 9.68 Å². The number of allylic oxidation sites excluding steroid dienone is 2. The van der Waals surface area contributed by atoms with Gasteiger partial charge in [-0.25, -0.2) is 0 Å². The molecule has 0 heterocycles. The van der Waals surface area contributed by atoms with Gasteiger partial charge in [-0.2, -0.15) is 0 Å². The lowest BCUT2D eigenvalue weighted by Crippen LogP contribution is -1.94. The summed E-state index contributed by atoms with van der Waals surface area (Å²) >= 11 is 0. The second kappa shape index (κ2) is 2.77. The normalized spacial score (nSPS) is 17.9. The predicted octanol–water partition coefficient (Wildman–Crippen LogP) is 0.597. The molecule has 0 aliphatic heterocycles. The monoisotopic (exact) mass is 111 g/mol. The summed E-state index contributed by atoms with van der Waals surface area (Å²) in [5.74, 6) is 0.896. The van der Waals surface area contributed by atoms with E-state index in [1.807, 2.05) is 6.08 Å². The van der Waals surface area contributed by atoms with E-state index in [1.165, 1.54) is 0 Å². The fraction of sp³-hybridized carbons (Fsp3) is 0.600. The Morgan fingerprint density at radius 3 is 3.12 bits per heavy atom. The summed E-state index contributed by atoms with van der Waals surface area (Å²) in [5, 5.41) is 8.14. The second-order valence-corrected chi connectivity index (χ2v) is 1.79. The van der Waals surface area contributed by atoms with Gasteiger partial charge in [0.1, 0.15) is 0 Å². The van der Waals surface area contributed by atoms with Gasteiger partial charge in [0, 0.05) is 6.42 Å². The minimum absolute atomic E-state index is 0.733. The molecule has 0 saturated carbocycles. The van der Waals surface area contributed by atoms with Crippen LogP contribution in [0.15, 0.2) is 11.8 Å². The van der Waals surface area contributed by atoms with E-state index in [-0.39, 0.29) is 0 Å². The van der Waals surface area contributed by atoms with E-state index in [0.717, 1.165) is 32.7 Å². The van der Waals surface area contributed by atoms with Gasteiger partial charge >= 0.3 is 7.69 Å². The Balaban J connectivity index is 2.23. The molecule has 0 atom stereocenters. The van der Waals surface area contributed by atoms with Crippen LogP contribution in [-0.2, 0) is 4.65 Å². The minimum atomic E-state index is 0.733. The molecule has 0 saturated heterocycles. The molecule has 0 spiro atoms. The summed E-state index contributed by atoms with van der Waals surface area (Å²) in [4.78, 5) is 0. The first-order valence-corrected chi connectivity index (χ1v) is 2.75. The standard InChI is InChI=1S/C5H8BO2/c7-6-8-5-3-1-2-4-5/h3,7H,1-2,4H2. The van der Waals surface area contributed by atoms with Gasteiger partial charge in [-0.05, 0) is 18.9 Å². The Morgan fingerprint density at radius 1 is 1.75 bits per heavy atom. The number of rotatable bonds is 2. The van der Waals surface area contributed by atoms with Crippen molar-refractivity contribution >= 4 is 7.69 Å². The van der Waals surface area contributed by atoms with Crippen molar-refractivity contribution in [2.45, 2.75) is 19.3 Å². The maximum atomic E-state index is 8.14. The quantitative estimate of drug-likeness (QED) is 0.528. The Labute approximate surface area is 49.5 Å². The van der Waals surface area contributed by atoms with Gasteiger partial charge in [-0.3, -0.25) is 0 Å². The lowest BCUT2D eigenvalue weighted by Gasteiger charge is -1.97.